The maximum Gasteiger partial charge on any atom is 0.211 e. The molecule has 0 aromatic carbocycles. The second-order valence-corrected chi connectivity index (χ2v) is 5.93. The van der Waals surface area contributed by atoms with Crippen LogP contribution in [0.5, 0.6) is 0 Å². The minimum atomic E-state index is -3.17. The summed E-state index contributed by atoms with van der Waals surface area (Å²) >= 11 is 0. The summed E-state index contributed by atoms with van der Waals surface area (Å²) in [6, 6.07) is 1.54. The van der Waals surface area contributed by atoms with E-state index in [0.717, 1.165) is 19.3 Å². The van der Waals surface area contributed by atoms with E-state index in [4.69, 9.17) is 0 Å². The Morgan fingerprint density at radius 1 is 1.31 bits per heavy atom. The minimum absolute atomic E-state index is 0.190. The van der Waals surface area contributed by atoms with Crippen LogP contribution >= 0.6 is 0 Å². The van der Waals surface area contributed by atoms with Gasteiger partial charge in [0, 0.05) is 18.9 Å². The van der Waals surface area contributed by atoms with E-state index in [-0.39, 0.29) is 6.04 Å². The van der Waals surface area contributed by atoms with Crippen molar-refractivity contribution in [3.8, 4) is 0 Å². The summed E-state index contributed by atoms with van der Waals surface area (Å²) in [5, 5.41) is 0. The predicted octanol–water partition coefficient (Wildman–Crippen LogP) is 0.963. The lowest BCUT2D eigenvalue weighted by molar-refractivity contribution is 0.248. The molecule has 6 heteroatoms. The first-order valence-corrected chi connectivity index (χ1v) is 7.17. The summed E-state index contributed by atoms with van der Waals surface area (Å²) in [6.45, 7) is 0.571. The molecule has 0 amide bonds. The Balaban J connectivity index is 2.31. The molecule has 1 aliphatic heterocycles. The Kier molecular flexibility index (Phi) is 3.20. The molecule has 1 fully saturated rings. The topological polar surface area (TPSA) is 63.2 Å². The van der Waals surface area contributed by atoms with Crippen LogP contribution in [-0.4, -0.2) is 35.5 Å². The third kappa shape index (κ3) is 2.38. The summed E-state index contributed by atoms with van der Waals surface area (Å²) in [7, 11) is -3.17. The van der Waals surface area contributed by atoms with Gasteiger partial charge in [0.15, 0.2) is 0 Å². The van der Waals surface area contributed by atoms with Crippen LogP contribution < -0.4 is 0 Å². The summed E-state index contributed by atoms with van der Waals surface area (Å²) in [5.74, 6) is 0.604. The first kappa shape index (κ1) is 11.5. The van der Waals surface area contributed by atoms with Gasteiger partial charge in [-0.15, -0.1) is 0 Å². The van der Waals surface area contributed by atoms with Gasteiger partial charge in [-0.3, -0.25) is 0 Å². The van der Waals surface area contributed by atoms with Crippen LogP contribution in [0.25, 0.3) is 0 Å². The Morgan fingerprint density at radius 3 is 2.62 bits per heavy atom. The Hall–Kier alpha value is -1.01. The SMILES string of the molecule is CS(=O)(=O)N1CCCCC1c1ncccn1. The molecule has 0 aliphatic carbocycles. The minimum Gasteiger partial charge on any atom is -0.240 e. The van der Waals surface area contributed by atoms with Gasteiger partial charge in [-0.05, 0) is 18.9 Å². The smallest absolute Gasteiger partial charge is 0.211 e. The van der Waals surface area contributed by atoms with E-state index in [1.54, 1.807) is 18.5 Å². The van der Waals surface area contributed by atoms with Crippen molar-refractivity contribution >= 4 is 10.0 Å². The van der Waals surface area contributed by atoms with Crippen molar-refractivity contribution in [1.29, 1.82) is 0 Å². The lowest BCUT2D eigenvalue weighted by Crippen LogP contribution is -2.38. The zero-order valence-electron chi connectivity index (χ0n) is 9.20. The molecule has 88 valence electrons. The van der Waals surface area contributed by atoms with Crippen molar-refractivity contribution in [2.75, 3.05) is 12.8 Å². The molecule has 1 atom stereocenters. The standard InChI is InChI=1S/C10H15N3O2S/c1-16(14,15)13-8-3-2-5-9(13)10-11-6-4-7-12-10/h4,6-7,9H,2-3,5,8H2,1H3. The van der Waals surface area contributed by atoms with Crippen LogP contribution in [-0.2, 0) is 10.0 Å². The summed E-state index contributed by atoms with van der Waals surface area (Å²) in [5.41, 5.74) is 0. The second kappa shape index (κ2) is 4.47. The summed E-state index contributed by atoms with van der Waals surface area (Å²) in [4.78, 5) is 8.30. The molecule has 1 aromatic rings. The van der Waals surface area contributed by atoms with Gasteiger partial charge in [0.2, 0.25) is 10.0 Å². The second-order valence-electron chi connectivity index (χ2n) is 3.99. The Labute approximate surface area is 95.6 Å². The zero-order chi connectivity index (χ0) is 11.6. The normalized spacial score (nSPS) is 23.2. The highest BCUT2D eigenvalue weighted by molar-refractivity contribution is 7.88. The molecule has 2 rings (SSSR count). The summed E-state index contributed by atoms with van der Waals surface area (Å²) < 4.78 is 24.8. The number of nitrogens with zero attached hydrogens (tertiary/aromatic N) is 3. The monoisotopic (exact) mass is 241 g/mol. The van der Waals surface area contributed by atoms with E-state index in [9.17, 15) is 8.42 Å². The number of hydrogen-bond acceptors (Lipinski definition) is 4. The first-order chi connectivity index (χ1) is 7.59. The van der Waals surface area contributed by atoms with Crippen LogP contribution in [0.2, 0.25) is 0 Å². The van der Waals surface area contributed by atoms with Crippen LogP contribution in [0.1, 0.15) is 31.1 Å². The van der Waals surface area contributed by atoms with Crippen molar-refractivity contribution in [3.63, 3.8) is 0 Å². The molecule has 16 heavy (non-hydrogen) atoms. The van der Waals surface area contributed by atoms with Crippen molar-refractivity contribution in [2.24, 2.45) is 0 Å². The average molecular weight is 241 g/mol. The number of sulfonamides is 1. The summed E-state index contributed by atoms with van der Waals surface area (Å²) in [6.07, 6.45) is 7.28. The largest absolute Gasteiger partial charge is 0.240 e. The highest BCUT2D eigenvalue weighted by Gasteiger charge is 2.31. The number of aromatic nitrogens is 2. The quantitative estimate of drug-likeness (QED) is 0.773. The van der Waals surface area contributed by atoms with E-state index in [1.807, 2.05) is 0 Å². The fraction of sp³-hybridized carbons (Fsp3) is 0.600. The van der Waals surface area contributed by atoms with Gasteiger partial charge in [-0.1, -0.05) is 6.42 Å². The highest BCUT2D eigenvalue weighted by Crippen LogP contribution is 2.30. The van der Waals surface area contributed by atoms with Gasteiger partial charge in [0.25, 0.3) is 0 Å². The molecule has 2 heterocycles. The molecular formula is C10H15N3O2S. The van der Waals surface area contributed by atoms with Gasteiger partial charge in [0.1, 0.15) is 5.82 Å². The van der Waals surface area contributed by atoms with E-state index >= 15 is 0 Å². The van der Waals surface area contributed by atoms with Crippen LogP contribution in [0.3, 0.4) is 0 Å². The number of rotatable bonds is 2. The first-order valence-electron chi connectivity index (χ1n) is 5.33. The van der Waals surface area contributed by atoms with Gasteiger partial charge in [-0.2, -0.15) is 4.31 Å². The molecule has 0 N–H and O–H groups in total. The number of piperidine rings is 1. The van der Waals surface area contributed by atoms with Crippen molar-refractivity contribution in [2.45, 2.75) is 25.3 Å². The molecule has 1 aliphatic rings. The Bertz CT molecular complexity index is 446. The van der Waals surface area contributed by atoms with Gasteiger partial charge < -0.3 is 0 Å². The van der Waals surface area contributed by atoms with Gasteiger partial charge in [0.05, 0.1) is 12.3 Å². The molecule has 5 nitrogen and oxygen atoms in total. The molecule has 1 unspecified atom stereocenters. The van der Waals surface area contributed by atoms with Crippen LogP contribution in [0.15, 0.2) is 18.5 Å². The Morgan fingerprint density at radius 2 is 2.00 bits per heavy atom. The lowest BCUT2D eigenvalue weighted by atomic mass is 10.0. The zero-order valence-corrected chi connectivity index (χ0v) is 10.0. The maximum absolute atomic E-state index is 11.6. The molecule has 0 radical (unpaired) electrons. The van der Waals surface area contributed by atoms with Gasteiger partial charge in [-0.25, -0.2) is 18.4 Å². The molecule has 0 spiro atoms. The highest BCUT2D eigenvalue weighted by atomic mass is 32.2. The molecule has 0 saturated carbocycles. The van der Waals surface area contributed by atoms with Crippen molar-refractivity contribution in [3.05, 3.63) is 24.3 Å². The maximum atomic E-state index is 11.6. The fourth-order valence-electron chi connectivity index (χ4n) is 2.04. The van der Waals surface area contributed by atoms with E-state index in [1.165, 1.54) is 10.6 Å². The van der Waals surface area contributed by atoms with Crippen molar-refractivity contribution < 1.29 is 8.42 Å². The average Bonchev–Trinajstić information content (AvgIpc) is 2.29. The fourth-order valence-corrected chi connectivity index (χ4v) is 3.17. The van der Waals surface area contributed by atoms with E-state index in [0.29, 0.717) is 12.4 Å². The lowest BCUT2D eigenvalue weighted by Gasteiger charge is -2.32. The third-order valence-electron chi connectivity index (χ3n) is 2.76. The van der Waals surface area contributed by atoms with Crippen LogP contribution in [0, 0.1) is 0 Å². The van der Waals surface area contributed by atoms with Gasteiger partial charge >= 0.3 is 0 Å². The predicted molar refractivity (Wildman–Crippen MR) is 60.2 cm³/mol. The molecule has 0 bridgehead atoms. The molecular weight excluding hydrogens is 226 g/mol. The van der Waals surface area contributed by atoms with E-state index in [2.05, 4.69) is 9.97 Å². The van der Waals surface area contributed by atoms with Crippen LogP contribution in [0.4, 0.5) is 0 Å². The third-order valence-corrected chi connectivity index (χ3v) is 4.05. The van der Waals surface area contributed by atoms with E-state index < -0.39 is 10.0 Å². The number of hydrogen-bond donors (Lipinski definition) is 0. The molecule has 1 saturated heterocycles. The van der Waals surface area contributed by atoms with Crippen molar-refractivity contribution in [1.82, 2.24) is 14.3 Å². The molecule has 1 aromatic heterocycles.